The van der Waals surface area contributed by atoms with Gasteiger partial charge in [-0.2, -0.15) is 9.90 Å². The first-order valence-electron chi connectivity index (χ1n) is 9.09. The van der Waals surface area contributed by atoms with Crippen LogP contribution < -0.4 is 5.32 Å². The van der Waals surface area contributed by atoms with Crippen LogP contribution in [-0.4, -0.2) is 75.4 Å². The molecule has 2 amide bonds. The molecule has 2 fully saturated rings. The van der Waals surface area contributed by atoms with Gasteiger partial charge >= 0.3 is 0 Å². The summed E-state index contributed by atoms with van der Waals surface area (Å²) in [7, 11) is 0. The monoisotopic (exact) mass is 408 g/mol. The molecule has 1 atom stereocenters. The molecule has 2 aliphatic rings. The quantitative estimate of drug-likeness (QED) is 0.814. The second kappa shape index (κ2) is 8.66. The number of amides is 2. The fraction of sp³-hybridized carbons (Fsp3) is 0.444. The molecule has 3 heterocycles. The Bertz CT molecular complexity index is 843. The lowest BCUT2D eigenvalue weighted by atomic mass is 10.0. The maximum Gasteiger partial charge on any atom is 0.276 e. The van der Waals surface area contributed by atoms with Gasteiger partial charge in [0.05, 0.1) is 18.4 Å². The molecule has 2 aromatic rings. The molecule has 2 aliphatic heterocycles. The van der Waals surface area contributed by atoms with Crippen molar-refractivity contribution >= 4 is 24.2 Å². The summed E-state index contributed by atoms with van der Waals surface area (Å²) in [5.41, 5.74) is 0.824. The van der Waals surface area contributed by atoms with Gasteiger partial charge in [0.25, 0.3) is 5.91 Å². The molecule has 28 heavy (non-hydrogen) atoms. The summed E-state index contributed by atoms with van der Waals surface area (Å²) in [6, 6.07) is 5.79. The van der Waals surface area contributed by atoms with Gasteiger partial charge in [-0.25, -0.2) is 4.39 Å². The number of halogens is 2. The summed E-state index contributed by atoms with van der Waals surface area (Å²) in [4.78, 5) is 29.9. The Morgan fingerprint density at radius 2 is 2.00 bits per heavy atom. The van der Waals surface area contributed by atoms with E-state index in [4.69, 9.17) is 0 Å². The predicted octanol–water partition coefficient (Wildman–Crippen LogP) is 0.865. The number of piperidine rings is 1. The van der Waals surface area contributed by atoms with Crippen molar-refractivity contribution in [3.05, 3.63) is 42.0 Å². The second-order valence-electron chi connectivity index (χ2n) is 6.81. The Kier molecular flexibility index (Phi) is 6.25. The maximum atomic E-state index is 13.1. The van der Waals surface area contributed by atoms with Crippen molar-refractivity contribution in [3.8, 4) is 5.69 Å². The Labute approximate surface area is 168 Å². The Morgan fingerprint density at radius 1 is 1.21 bits per heavy atom. The third-order valence-corrected chi connectivity index (χ3v) is 5.02. The van der Waals surface area contributed by atoms with Crippen molar-refractivity contribution in [1.29, 1.82) is 0 Å². The van der Waals surface area contributed by atoms with Gasteiger partial charge in [0.2, 0.25) is 5.91 Å². The molecule has 10 heteroatoms. The van der Waals surface area contributed by atoms with E-state index in [1.807, 2.05) is 4.90 Å². The zero-order valence-corrected chi connectivity index (χ0v) is 16.1. The van der Waals surface area contributed by atoms with Gasteiger partial charge in [-0.3, -0.25) is 9.59 Å². The first kappa shape index (κ1) is 20.2. The van der Waals surface area contributed by atoms with Crippen molar-refractivity contribution in [1.82, 2.24) is 30.1 Å². The molecule has 4 rings (SSSR count). The highest BCUT2D eigenvalue weighted by atomic mass is 35.5. The summed E-state index contributed by atoms with van der Waals surface area (Å²) in [6.07, 6.45) is 3.17. The largest absolute Gasteiger partial charge is 0.336 e. The molecule has 0 radical (unpaired) electrons. The Morgan fingerprint density at radius 3 is 2.75 bits per heavy atom. The van der Waals surface area contributed by atoms with Crippen LogP contribution in [0.5, 0.6) is 0 Å². The third-order valence-electron chi connectivity index (χ3n) is 5.02. The number of hydrogen-bond acceptors (Lipinski definition) is 5. The van der Waals surface area contributed by atoms with Crippen molar-refractivity contribution < 1.29 is 14.0 Å². The summed E-state index contributed by atoms with van der Waals surface area (Å²) in [6.45, 7) is 2.96. The molecule has 8 nitrogen and oxygen atoms in total. The lowest BCUT2D eigenvalue weighted by Gasteiger charge is -2.40. The van der Waals surface area contributed by atoms with Crippen LogP contribution in [0.25, 0.3) is 5.69 Å². The number of hydrogen-bond donors (Lipinski definition) is 1. The zero-order chi connectivity index (χ0) is 18.8. The van der Waals surface area contributed by atoms with Gasteiger partial charge in [0, 0.05) is 32.2 Å². The van der Waals surface area contributed by atoms with E-state index in [2.05, 4.69) is 15.5 Å². The van der Waals surface area contributed by atoms with Crippen LogP contribution in [-0.2, 0) is 4.79 Å². The molecule has 0 bridgehead atoms. The first-order chi connectivity index (χ1) is 13.1. The van der Waals surface area contributed by atoms with Gasteiger partial charge in [-0.15, -0.1) is 17.5 Å². The van der Waals surface area contributed by atoms with Crippen LogP contribution in [0.3, 0.4) is 0 Å². The van der Waals surface area contributed by atoms with Crippen LogP contribution in [0.15, 0.2) is 30.5 Å². The minimum Gasteiger partial charge on any atom is -0.336 e. The lowest BCUT2D eigenvalue weighted by Crippen LogP contribution is -2.57. The van der Waals surface area contributed by atoms with Crippen LogP contribution in [0.2, 0.25) is 0 Å². The van der Waals surface area contributed by atoms with Crippen molar-refractivity contribution in [2.24, 2.45) is 0 Å². The van der Waals surface area contributed by atoms with Crippen molar-refractivity contribution in [2.75, 3.05) is 32.7 Å². The molecule has 1 aromatic carbocycles. The van der Waals surface area contributed by atoms with Gasteiger partial charge in [-0.1, -0.05) is 0 Å². The molecular formula is C18H22ClFN6O2. The van der Waals surface area contributed by atoms with E-state index in [1.54, 1.807) is 17.0 Å². The molecular weight excluding hydrogens is 387 g/mol. The maximum absolute atomic E-state index is 13.1. The van der Waals surface area contributed by atoms with E-state index >= 15 is 0 Å². The van der Waals surface area contributed by atoms with Gasteiger partial charge in [0.1, 0.15) is 5.82 Å². The summed E-state index contributed by atoms with van der Waals surface area (Å²) < 4.78 is 13.1. The predicted molar refractivity (Wildman–Crippen MR) is 102 cm³/mol. The van der Waals surface area contributed by atoms with Gasteiger partial charge < -0.3 is 15.1 Å². The van der Waals surface area contributed by atoms with Crippen LogP contribution in [0, 0.1) is 5.82 Å². The average molecular weight is 409 g/mol. The molecule has 0 spiro atoms. The molecule has 2 saturated heterocycles. The number of nitrogens with one attached hydrogen (secondary N) is 1. The van der Waals surface area contributed by atoms with Crippen LogP contribution in [0.1, 0.15) is 23.3 Å². The number of likely N-dealkylation sites (tertiary alicyclic amines) is 1. The number of nitrogens with zero attached hydrogens (tertiary/aromatic N) is 5. The Balaban J connectivity index is 0.00000225. The topological polar surface area (TPSA) is 83.4 Å². The highest BCUT2D eigenvalue weighted by molar-refractivity contribution is 5.92. The summed E-state index contributed by atoms with van der Waals surface area (Å²) in [5.74, 6) is -0.456. The minimum atomic E-state index is -0.343. The Hall–Kier alpha value is -2.52. The van der Waals surface area contributed by atoms with Crippen LogP contribution in [0.4, 0.5) is 4.39 Å². The number of piperazine rings is 1. The molecule has 150 valence electrons. The van der Waals surface area contributed by atoms with E-state index in [0.29, 0.717) is 31.9 Å². The SMILES string of the molecule is Cl.O=C(c1cnn(-c2ccc(F)cc2)n1)N1CCCC(N2CCNCC2=O)C1. The highest BCUT2D eigenvalue weighted by Crippen LogP contribution is 2.19. The number of rotatable bonds is 3. The zero-order valence-electron chi connectivity index (χ0n) is 15.3. The lowest BCUT2D eigenvalue weighted by molar-refractivity contribution is -0.135. The van der Waals surface area contributed by atoms with Crippen LogP contribution >= 0.6 is 12.4 Å². The first-order valence-corrected chi connectivity index (χ1v) is 9.09. The summed E-state index contributed by atoms with van der Waals surface area (Å²) >= 11 is 0. The van der Waals surface area contributed by atoms with Crippen molar-refractivity contribution in [3.63, 3.8) is 0 Å². The van der Waals surface area contributed by atoms with Crippen molar-refractivity contribution in [2.45, 2.75) is 18.9 Å². The fourth-order valence-electron chi connectivity index (χ4n) is 3.62. The summed E-state index contributed by atoms with van der Waals surface area (Å²) in [5, 5.41) is 11.4. The molecule has 0 saturated carbocycles. The molecule has 1 N–H and O–H groups in total. The number of aromatic nitrogens is 3. The highest BCUT2D eigenvalue weighted by Gasteiger charge is 2.32. The van der Waals surface area contributed by atoms with E-state index in [1.165, 1.54) is 23.1 Å². The molecule has 0 aliphatic carbocycles. The molecule has 1 aromatic heterocycles. The minimum absolute atomic E-state index is 0. The standard InChI is InChI=1S/C18H21FN6O2.ClH/c19-13-3-5-14(6-4-13)25-21-10-16(22-25)18(27)23-8-1-2-15(12-23)24-9-7-20-11-17(24)26;/h3-6,10,15,20H,1-2,7-9,11-12H2;1H. The van der Waals surface area contributed by atoms with E-state index in [0.717, 1.165) is 19.4 Å². The number of carbonyl (C=O) groups excluding carboxylic acids is 2. The van der Waals surface area contributed by atoms with E-state index < -0.39 is 0 Å². The third kappa shape index (κ3) is 4.15. The smallest absolute Gasteiger partial charge is 0.276 e. The molecule has 1 unspecified atom stereocenters. The van der Waals surface area contributed by atoms with Gasteiger partial charge in [-0.05, 0) is 37.1 Å². The number of benzene rings is 1. The normalized spacial score (nSPS) is 20.0. The van der Waals surface area contributed by atoms with E-state index in [-0.39, 0.29) is 41.8 Å². The fourth-order valence-corrected chi connectivity index (χ4v) is 3.62. The number of carbonyl (C=O) groups is 2. The second-order valence-corrected chi connectivity index (χ2v) is 6.81. The van der Waals surface area contributed by atoms with E-state index in [9.17, 15) is 14.0 Å². The average Bonchev–Trinajstić information content (AvgIpc) is 3.18. The van der Waals surface area contributed by atoms with Gasteiger partial charge in [0.15, 0.2) is 5.69 Å².